The van der Waals surface area contributed by atoms with E-state index in [4.69, 9.17) is 0 Å². The molecule has 3 nitrogen and oxygen atoms in total. The zero-order valence-corrected chi connectivity index (χ0v) is 12.5. The van der Waals surface area contributed by atoms with Crippen molar-refractivity contribution >= 4 is 5.96 Å². The van der Waals surface area contributed by atoms with Crippen LogP contribution < -0.4 is 10.6 Å². The third kappa shape index (κ3) is 3.36. The maximum absolute atomic E-state index is 13.6. The van der Waals surface area contributed by atoms with Crippen LogP contribution in [0.15, 0.2) is 29.3 Å². The van der Waals surface area contributed by atoms with Gasteiger partial charge in [0.1, 0.15) is 5.82 Å². The Morgan fingerprint density at radius 1 is 1.19 bits per heavy atom. The predicted molar refractivity (Wildman–Crippen MR) is 84.1 cm³/mol. The Kier molecular flexibility index (Phi) is 4.42. The van der Waals surface area contributed by atoms with Gasteiger partial charge in [0.25, 0.3) is 0 Å². The minimum absolute atomic E-state index is 0.0436. The summed E-state index contributed by atoms with van der Waals surface area (Å²) in [4.78, 5) is 4.48. The molecule has 1 aliphatic carbocycles. The summed E-state index contributed by atoms with van der Waals surface area (Å²) in [7, 11) is 0. The van der Waals surface area contributed by atoms with Crippen LogP contribution in [0.3, 0.4) is 0 Å². The summed E-state index contributed by atoms with van der Waals surface area (Å²) in [5, 5.41) is 6.77. The summed E-state index contributed by atoms with van der Waals surface area (Å²) in [5.74, 6) is 0.771. The van der Waals surface area contributed by atoms with Gasteiger partial charge >= 0.3 is 0 Å². The number of halogens is 1. The molecular formula is C17H24FN3. The molecule has 0 aromatic heterocycles. The largest absolute Gasteiger partial charge is 0.356 e. The molecule has 2 N–H and O–H groups in total. The Balaban J connectivity index is 1.78. The molecule has 0 amide bonds. The van der Waals surface area contributed by atoms with Gasteiger partial charge < -0.3 is 10.6 Å². The van der Waals surface area contributed by atoms with E-state index in [1.165, 1.54) is 25.3 Å². The average molecular weight is 289 g/mol. The van der Waals surface area contributed by atoms with Crippen LogP contribution in [0.2, 0.25) is 0 Å². The first-order chi connectivity index (χ1) is 10.3. The van der Waals surface area contributed by atoms with Crippen LogP contribution in [0.1, 0.15) is 44.1 Å². The summed E-state index contributed by atoms with van der Waals surface area (Å²) >= 11 is 0. The topological polar surface area (TPSA) is 36.4 Å². The maximum Gasteiger partial charge on any atom is 0.191 e. The quantitative estimate of drug-likeness (QED) is 0.897. The van der Waals surface area contributed by atoms with Crippen molar-refractivity contribution in [3.05, 3.63) is 35.6 Å². The Labute approximate surface area is 126 Å². The fourth-order valence-electron chi connectivity index (χ4n) is 3.52. The summed E-state index contributed by atoms with van der Waals surface area (Å²) in [5.41, 5.74) is 1.17. The van der Waals surface area contributed by atoms with Crippen LogP contribution in [-0.4, -0.2) is 25.6 Å². The minimum Gasteiger partial charge on any atom is -0.356 e. The van der Waals surface area contributed by atoms with E-state index in [-0.39, 0.29) is 11.2 Å². The van der Waals surface area contributed by atoms with Crippen molar-refractivity contribution in [2.75, 3.05) is 19.6 Å². The Bertz CT molecular complexity index is 507. The molecule has 0 bridgehead atoms. The Morgan fingerprint density at radius 3 is 2.76 bits per heavy atom. The first-order valence-corrected chi connectivity index (χ1v) is 8.07. The molecule has 1 aromatic rings. The predicted octanol–water partition coefficient (Wildman–Crippen LogP) is 2.97. The highest BCUT2D eigenvalue weighted by atomic mass is 19.1. The molecule has 114 valence electrons. The molecule has 1 saturated carbocycles. The number of rotatable bonds is 3. The molecule has 4 heteroatoms. The molecule has 0 spiro atoms. The van der Waals surface area contributed by atoms with Crippen molar-refractivity contribution in [3.8, 4) is 0 Å². The van der Waals surface area contributed by atoms with Crippen molar-refractivity contribution in [3.63, 3.8) is 0 Å². The number of nitrogens with zero attached hydrogens (tertiary/aromatic N) is 1. The molecule has 3 rings (SSSR count). The molecular weight excluding hydrogens is 265 g/mol. The smallest absolute Gasteiger partial charge is 0.191 e. The number of nitrogens with one attached hydrogen (secondary N) is 2. The second-order valence-corrected chi connectivity index (χ2v) is 6.22. The lowest BCUT2D eigenvalue weighted by Gasteiger charge is -2.38. The molecule has 1 fully saturated rings. The lowest BCUT2D eigenvalue weighted by molar-refractivity contribution is 0.290. The van der Waals surface area contributed by atoms with E-state index in [2.05, 4.69) is 21.7 Å². The third-order valence-corrected chi connectivity index (χ3v) is 4.74. The second-order valence-electron chi connectivity index (χ2n) is 6.22. The minimum atomic E-state index is -0.134. The molecule has 0 unspecified atom stereocenters. The lowest BCUT2D eigenvalue weighted by Crippen LogP contribution is -2.48. The average Bonchev–Trinajstić information content (AvgIpc) is 2.55. The summed E-state index contributed by atoms with van der Waals surface area (Å²) < 4.78 is 13.6. The second kappa shape index (κ2) is 6.46. The first kappa shape index (κ1) is 14.4. The number of hydrogen-bond acceptors (Lipinski definition) is 3. The van der Waals surface area contributed by atoms with Gasteiger partial charge in [0, 0.05) is 25.0 Å². The zero-order chi connectivity index (χ0) is 14.5. The molecule has 2 aliphatic rings. The molecule has 21 heavy (non-hydrogen) atoms. The SMILES string of the molecule is Fc1cccc(C2(CNC3=NCCCN3)CCCCC2)c1. The van der Waals surface area contributed by atoms with Crippen molar-refractivity contribution in [2.24, 2.45) is 4.99 Å². The van der Waals surface area contributed by atoms with Crippen LogP contribution in [0, 0.1) is 5.82 Å². The van der Waals surface area contributed by atoms with Crippen molar-refractivity contribution in [1.82, 2.24) is 10.6 Å². The highest BCUT2D eigenvalue weighted by molar-refractivity contribution is 5.80. The highest BCUT2D eigenvalue weighted by Gasteiger charge is 2.34. The number of guanidine groups is 1. The van der Waals surface area contributed by atoms with Gasteiger partial charge in [-0.3, -0.25) is 4.99 Å². The molecule has 1 aliphatic heterocycles. The summed E-state index contributed by atoms with van der Waals surface area (Å²) in [6, 6.07) is 7.15. The Hall–Kier alpha value is -1.58. The van der Waals surface area contributed by atoms with E-state index in [0.29, 0.717) is 0 Å². The number of benzene rings is 1. The number of aliphatic imine (C=N–C) groups is 1. The van der Waals surface area contributed by atoms with Gasteiger partial charge in [0.15, 0.2) is 5.96 Å². The van der Waals surface area contributed by atoms with Crippen LogP contribution in [0.25, 0.3) is 0 Å². The molecule has 0 radical (unpaired) electrons. The van der Waals surface area contributed by atoms with E-state index < -0.39 is 0 Å². The van der Waals surface area contributed by atoms with Gasteiger partial charge in [-0.1, -0.05) is 31.4 Å². The standard InChI is InChI=1S/C17H24FN3/c18-15-7-4-6-14(12-15)17(8-2-1-3-9-17)13-21-16-19-10-5-11-20-16/h4,6-7,12H,1-3,5,8-11,13H2,(H2,19,20,21). The van der Waals surface area contributed by atoms with Crippen LogP contribution in [0.4, 0.5) is 4.39 Å². The monoisotopic (exact) mass is 289 g/mol. The van der Waals surface area contributed by atoms with E-state index in [1.54, 1.807) is 6.07 Å². The molecule has 0 atom stereocenters. The van der Waals surface area contributed by atoms with Crippen LogP contribution in [-0.2, 0) is 5.41 Å². The van der Waals surface area contributed by atoms with Crippen LogP contribution >= 0.6 is 0 Å². The van der Waals surface area contributed by atoms with Gasteiger partial charge in [-0.15, -0.1) is 0 Å². The summed E-state index contributed by atoms with van der Waals surface area (Å²) in [6.07, 6.45) is 7.07. The maximum atomic E-state index is 13.6. The zero-order valence-electron chi connectivity index (χ0n) is 12.5. The van der Waals surface area contributed by atoms with Gasteiger partial charge in [-0.25, -0.2) is 4.39 Å². The Morgan fingerprint density at radius 2 is 2.05 bits per heavy atom. The molecule has 1 heterocycles. The number of hydrogen-bond donors (Lipinski definition) is 2. The van der Waals surface area contributed by atoms with E-state index >= 15 is 0 Å². The molecule has 0 saturated heterocycles. The fourth-order valence-corrected chi connectivity index (χ4v) is 3.52. The normalized spacial score (nSPS) is 21.3. The van der Waals surface area contributed by atoms with Gasteiger partial charge in [0.2, 0.25) is 0 Å². The van der Waals surface area contributed by atoms with E-state index in [9.17, 15) is 4.39 Å². The molecule has 1 aromatic carbocycles. The van der Waals surface area contributed by atoms with Crippen molar-refractivity contribution in [1.29, 1.82) is 0 Å². The van der Waals surface area contributed by atoms with Gasteiger partial charge in [0.05, 0.1) is 0 Å². The van der Waals surface area contributed by atoms with Gasteiger partial charge in [-0.2, -0.15) is 0 Å². The third-order valence-electron chi connectivity index (χ3n) is 4.74. The highest BCUT2D eigenvalue weighted by Crippen LogP contribution is 2.39. The van der Waals surface area contributed by atoms with E-state index in [1.807, 2.05) is 6.07 Å². The lowest BCUT2D eigenvalue weighted by atomic mass is 9.69. The van der Waals surface area contributed by atoms with Crippen molar-refractivity contribution < 1.29 is 4.39 Å². The van der Waals surface area contributed by atoms with E-state index in [0.717, 1.165) is 50.4 Å². The van der Waals surface area contributed by atoms with Crippen LogP contribution in [0.5, 0.6) is 0 Å². The van der Waals surface area contributed by atoms with Crippen molar-refractivity contribution in [2.45, 2.75) is 43.9 Å². The fraction of sp³-hybridized carbons (Fsp3) is 0.588. The van der Waals surface area contributed by atoms with Gasteiger partial charge in [-0.05, 0) is 37.0 Å². The summed E-state index contributed by atoms with van der Waals surface area (Å²) in [6.45, 7) is 2.71. The first-order valence-electron chi connectivity index (χ1n) is 8.07.